The van der Waals surface area contributed by atoms with Gasteiger partial charge >= 0.3 is 6.18 Å². The van der Waals surface area contributed by atoms with Gasteiger partial charge in [0.05, 0.1) is 11.4 Å². The molecular formula is C12H18F3N3. The Morgan fingerprint density at radius 3 is 2.50 bits per heavy atom. The molecule has 0 unspecified atom stereocenters. The van der Waals surface area contributed by atoms with E-state index < -0.39 is 11.7 Å². The molecule has 1 fully saturated rings. The van der Waals surface area contributed by atoms with Crippen LogP contribution in [0.2, 0.25) is 0 Å². The molecule has 1 aromatic rings. The van der Waals surface area contributed by atoms with Crippen LogP contribution in [0.15, 0.2) is 6.07 Å². The summed E-state index contributed by atoms with van der Waals surface area (Å²) < 4.78 is 40.1. The van der Waals surface area contributed by atoms with Crippen LogP contribution in [0.25, 0.3) is 0 Å². The van der Waals surface area contributed by atoms with Crippen LogP contribution < -0.4 is 5.32 Å². The van der Waals surface area contributed by atoms with E-state index in [0.29, 0.717) is 6.54 Å². The number of aryl methyl sites for hydroxylation is 2. The molecule has 0 aromatic carbocycles. The van der Waals surface area contributed by atoms with E-state index in [9.17, 15) is 13.2 Å². The van der Waals surface area contributed by atoms with Crippen molar-refractivity contribution in [3.05, 3.63) is 17.5 Å². The molecule has 6 heteroatoms. The number of hydrogen-bond donors (Lipinski definition) is 1. The highest BCUT2D eigenvalue weighted by Crippen LogP contribution is 2.49. The van der Waals surface area contributed by atoms with Crippen molar-refractivity contribution < 1.29 is 13.2 Å². The fraction of sp³-hybridized carbons (Fsp3) is 0.750. The number of hydrogen-bond acceptors (Lipinski definition) is 2. The first-order chi connectivity index (χ1) is 8.42. The highest BCUT2D eigenvalue weighted by Gasteiger charge is 2.62. The number of halogens is 3. The summed E-state index contributed by atoms with van der Waals surface area (Å²) in [4.78, 5) is 0. The van der Waals surface area contributed by atoms with Crippen LogP contribution in [-0.2, 0) is 19.5 Å². The first-order valence-corrected chi connectivity index (χ1v) is 6.29. The summed E-state index contributed by atoms with van der Waals surface area (Å²) in [6, 6.07) is 1.88. The molecule has 0 amide bonds. The highest BCUT2D eigenvalue weighted by molar-refractivity contribution is 5.14. The molecule has 1 saturated carbocycles. The highest BCUT2D eigenvalue weighted by atomic mass is 19.4. The Hall–Kier alpha value is -1.04. The fourth-order valence-electron chi connectivity index (χ4n) is 2.05. The summed E-state index contributed by atoms with van der Waals surface area (Å²) in [5.74, 6) is 0. The molecule has 1 aliphatic carbocycles. The zero-order valence-corrected chi connectivity index (χ0v) is 10.6. The van der Waals surface area contributed by atoms with E-state index in [1.165, 1.54) is 0 Å². The first kappa shape index (κ1) is 13.4. The molecule has 0 atom stereocenters. The normalized spacial score (nSPS) is 18.1. The van der Waals surface area contributed by atoms with Crippen molar-refractivity contribution in [2.75, 3.05) is 0 Å². The van der Waals surface area contributed by atoms with Gasteiger partial charge in [-0.15, -0.1) is 0 Å². The molecule has 102 valence electrons. The number of rotatable bonds is 5. The van der Waals surface area contributed by atoms with Crippen LogP contribution >= 0.6 is 0 Å². The molecule has 2 rings (SSSR count). The predicted octanol–water partition coefficient (Wildman–Crippen LogP) is 2.65. The van der Waals surface area contributed by atoms with Gasteiger partial charge in [0, 0.05) is 13.1 Å². The monoisotopic (exact) mass is 261 g/mol. The van der Waals surface area contributed by atoms with Crippen molar-refractivity contribution in [1.82, 2.24) is 15.1 Å². The maximum Gasteiger partial charge on any atom is 0.406 e. The Balaban J connectivity index is 2.04. The molecular weight excluding hydrogens is 243 g/mol. The van der Waals surface area contributed by atoms with Gasteiger partial charge in [-0.2, -0.15) is 18.3 Å². The van der Waals surface area contributed by atoms with Crippen molar-refractivity contribution in [2.24, 2.45) is 0 Å². The molecule has 0 radical (unpaired) electrons. The van der Waals surface area contributed by atoms with Crippen molar-refractivity contribution in [3.8, 4) is 0 Å². The molecule has 0 spiro atoms. The van der Waals surface area contributed by atoms with E-state index in [1.54, 1.807) is 4.68 Å². The lowest BCUT2D eigenvalue weighted by atomic mass is 10.2. The molecule has 1 N–H and O–H groups in total. The first-order valence-electron chi connectivity index (χ1n) is 6.29. The number of aromatic nitrogens is 2. The standard InChI is InChI=1S/C12H18F3N3/c1-3-9-7-10(18(4-2)17-9)8-16-11(5-6-11)12(13,14)15/h7,16H,3-6,8H2,1-2H3. The Morgan fingerprint density at radius 1 is 1.39 bits per heavy atom. The molecule has 18 heavy (non-hydrogen) atoms. The minimum Gasteiger partial charge on any atom is -0.298 e. The summed E-state index contributed by atoms with van der Waals surface area (Å²) >= 11 is 0. The summed E-state index contributed by atoms with van der Waals surface area (Å²) in [7, 11) is 0. The van der Waals surface area contributed by atoms with E-state index in [4.69, 9.17) is 0 Å². The Kier molecular flexibility index (Phi) is 3.40. The van der Waals surface area contributed by atoms with Gasteiger partial charge < -0.3 is 0 Å². The molecule has 0 saturated heterocycles. The summed E-state index contributed by atoms with van der Waals surface area (Å²) in [6.45, 7) is 4.82. The third-order valence-corrected chi connectivity index (χ3v) is 3.48. The molecule has 1 aromatic heterocycles. The largest absolute Gasteiger partial charge is 0.406 e. The van der Waals surface area contributed by atoms with Crippen LogP contribution in [0.3, 0.4) is 0 Å². The summed E-state index contributed by atoms with van der Waals surface area (Å²) in [5.41, 5.74) is 0.0951. The second-order valence-electron chi connectivity index (χ2n) is 4.73. The van der Waals surface area contributed by atoms with Gasteiger partial charge in [0.15, 0.2) is 0 Å². The van der Waals surface area contributed by atoms with Gasteiger partial charge in [-0.3, -0.25) is 10.00 Å². The average Bonchev–Trinajstić information content (AvgIpc) is 3.01. The molecule has 1 heterocycles. The summed E-state index contributed by atoms with van der Waals surface area (Å²) in [5, 5.41) is 6.98. The minimum atomic E-state index is -4.16. The van der Waals surface area contributed by atoms with E-state index >= 15 is 0 Å². The van der Waals surface area contributed by atoms with Crippen LogP contribution in [0.5, 0.6) is 0 Å². The molecule has 1 aliphatic rings. The number of nitrogens with one attached hydrogen (secondary N) is 1. The second-order valence-corrected chi connectivity index (χ2v) is 4.73. The van der Waals surface area contributed by atoms with Gasteiger partial charge in [-0.05, 0) is 32.3 Å². The Morgan fingerprint density at radius 2 is 2.06 bits per heavy atom. The Labute approximate surface area is 104 Å². The van der Waals surface area contributed by atoms with Gasteiger partial charge in [0.1, 0.15) is 5.54 Å². The van der Waals surface area contributed by atoms with Gasteiger partial charge in [0.25, 0.3) is 0 Å². The molecule has 0 aliphatic heterocycles. The predicted molar refractivity (Wildman–Crippen MR) is 62.1 cm³/mol. The van der Waals surface area contributed by atoms with Crippen molar-refractivity contribution in [3.63, 3.8) is 0 Å². The van der Waals surface area contributed by atoms with Crippen molar-refractivity contribution in [1.29, 1.82) is 0 Å². The van der Waals surface area contributed by atoms with Gasteiger partial charge in [-0.25, -0.2) is 0 Å². The van der Waals surface area contributed by atoms with E-state index in [2.05, 4.69) is 10.4 Å². The molecule has 3 nitrogen and oxygen atoms in total. The lowest BCUT2D eigenvalue weighted by Crippen LogP contribution is -2.44. The third-order valence-electron chi connectivity index (χ3n) is 3.48. The topological polar surface area (TPSA) is 29.9 Å². The zero-order valence-electron chi connectivity index (χ0n) is 10.6. The number of alkyl halides is 3. The van der Waals surface area contributed by atoms with Crippen LogP contribution in [-0.4, -0.2) is 21.5 Å². The molecule has 0 bridgehead atoms. The SMILES string of the molecule is CCc1cc(CNC2(C(F)(F)F)CC2)n(CC)n1. The zero-order chi connectivity index (χ0) is 13.4. The fourth-order valence-corrected chi connectivity index (χ4v) is 2.05. The lowest BCUT2D eigenvalue weighted by Gasteiger charge is -2.20. The maximum atomic E-state index is 12.8. The lowest BCUT2D eigenvalue weighted by molar-refractivity contribution is -0.166. The third kappa shape index (κ3) is 2.39. The van der Waals surface area contributed by atoms with E-state index in [0.717, 1.165) is 17.8 Å². The quantitative estimate of drug-likeness (QED) is 0.883. The van der Waals surface area contributed by atoms with E-state index in [-0.39, 0.29) is 19.4 Å². The minimum absolute atomic E-state index is 0.178. The van der Waals surface area contributed by atoms with Crippen LogP contribution in [0.1, 0.15) is 38.1 Å². The van der Waals surface area contributed by atoms with Crippen molar-refractivity contribution in [2.45, 2.75) is 57.9 Å². The maximum absolute atomic E-state index is 12.8. The van der Waals surface area contributed by atoms with Crippen LogP contribution in [0.4, 0.5) is 13.2 Å². The summed E-state index contributed by atoms with van der Waals surface area (Å²) in [6.07, 6.45) is -3.00. The van der Waals surface area contributed by atoms with Crippen molar-refractivity contribution >= 4 is 0 Å². The van der Waals surface area contributed by atoms with Gasteiger partial charge in [-0.1, -0.05) is 6.92 Å². The second kappa shape index (κ2) is 4.57. The van der Waals surface area contributed by atoms with Gasteiger partial charge in [0.2, 0.25) is 0 Å². The van der Waals surface area contributed by atoms with E-state index in [1.807, 2.05) is 19.9 Å². The smallest absolute Gasteiger partial charge is 0.298 e. The average molecular weight is 261 g/mol. The van der Waals surface area contributed by atoms with Crippen LogP contribution in [0, 0.1) is 0 Å². The Bertz CT molecular complexity index is 419. The number of nitrogens with zero attached hydrogens (tertiary/aromatic N) is 2.